The van der Waals surface area contributed by atoms with E-state index >= 15 is 0 Å². The molecule has 188 valence electrons. The second-order valence-electron chi connectivity index (χ2n) is 9.24. The highest BCUT2D eigenvalue weighted by Crippen LogP contribution is 2.45. The van der Waals surface area contributed by atoms with Crippen molar-refractivity contribution in [1.29, 1.82) is 0 Å². The normalized spacial score (nSPS) is 21.4. The molecule has 0 aromatic heterocycles. The summed E-state index contributed by atoms with van der Waals surface area (Å²) in [7, 11) is 1.28. The number of methoxy groups -OCH3 is 1. The molecule has 1 N–H and O–H groups in total. The Hall–Kier alpha value is -3.87. The number of nitrogens with one attached hydrogen (secondary N) is 1. The molecule has 0 saturated carbocycles. The van der Waals surface area contributed by atoms with Crippen molar-refractivity contribution >= 4 is 17.7 Å². The molecule has 0 bridgehead atoms. The number of ether oxygens (including phenoxy) is 3. The first-order valence-electron chi connectivity index (χ1n) is 12.1. The van der Waals surface area contributed by atoms with Crippen molar-refractivity contribution in [3.8, 4) is 5.75 Å². The van der Waals surface area contributed by atoms with Crippen LogP contribution in [0.25, 0.3) is 0 Å². The molecule has 0 radical (unpaired) electrons. The van der Waals surface area contributed by atoms with E-state index in [-0.39, 0.29) is 24.9 Å². The lowest BCUT2D eigenvalue weighted by molar-refractivity contribution is -0.151. The first kappa shape index (κ1) is 25.2. The van der Waals surface area contributed by atoms with Crippen molar-refractivity contribution in [2.45, 2.75) is 33.1 Å². The van der Waals surface area contributed by atoms with Crippen molar-refractivity contribution in [2.75, 3.05) is 20.3 Å². The van der Waals surface area contributed by atoms with Gasteiger partial charge in [0.1, 0.15) is 24.9 Å². The van der Waals surface area contributed by atoms with Crippen LogP contribution in [0.2, 0.25) is 0 Å². The molecule has 0 spiro atoms. The molecule has 0 saturated heterocycles. The second kappa shape index (κ2) is 10.8. The number of esters is 2. The largest absolute Gasteiger partial charge is 0.490 e. The highest BCUT2D eigenvalue weighted by atomic mass is 16.6. The number of carbonyl (C=O) groups excluding carboxylic acids is 3. The molecule has 1 heterocycles. The number of Topliss-reactive ketones (excluding diaryl/α,β-unsaturated/α-hetero) is 1. The summed E-state index contributed by atoms with van der Waals surface area (Å²) in [5, 5.41) is 3.27. The van der Waals surface area contributed by atoms with Crippen LogP contribution in [0, 0.1) is 18.8 Å². The number of carbonyl (C=O) groups is 3. The van der Waals surface area contributed by atoms with Crippen LogP contribution in [-0.2, 0) is 23.9 Å². The first-order chi connectivity index (χ1) is 17.3. The highest BCUT2D eigenvalue weighted by molar-refractivity contribution is 6.12. The van der Waals surface area contributed by atoms with Crippen molar-refractivity contribution in [2.24, 2.45) is 11.8 Å². The van der Waals surface area contributed by atoms with Gasteiger partial charge in [-0.15, -0.1) is 0 Å². The second-order valence-corrected chi connectivity index (χ2v) is 9.24. The van der Waals surface area contributed by atoms with Crippen molar-refractivity contribution in [1.82, 2.24) is 5.32 Å². The van der Waals surface area contributed by atoms with E-state index < -0.39 is 23.8 Å². The Morgan fingerprint density at radius 2 is 1.69 bits per heavy atom. The van der Waals surface area contributed by atoms with Gasteiger partial charge in [-0.2, -0.15) is 0 Å². The molecular formula is C29H31NO6. The molecular weight excluding hydrogens is 458 g/mol. The van der Waals surface area contributed by atoms with Crippen molar-refractivity contribution < 1.29 is 28.6 Å². The Morgan fingerprint density at radius 1 is 1.00 bits per heavy atom. The minimum absolute atomic E-state index is 0.0484. The molecule has 1 aliphatic carbocycles. The number of aryl methyl sites for hydroxylation is 1. The number of benzene rings is 2. The van der Waals surface area contributed by atoms with Gasteiger partial charge < -0.3 is 19.5 Å². The van der Waals surface area contributed by atoms with Gasteiger partial charge in [-0.1, -0.05) is 55.0 Å². The fourth-order valence-electron chi connectivity index (χ4n) is 4.93. The molecule has 36 heavy (non-hydrogen) atoms. The van der Waals surface area contributed by atoms with Crippen LogP contribution in [0.1, 0.15) is 37.3 Å². The number of ketones is 1. The molecule has 3 atom stereocenters. The Labute approximate surface area is 211 Å². The average molecular weight is 490 g/mol. The summed E-state index contributed by atoms with van der Waals surface area (Å²) >= 11 is 0. The summed E-state index contributed by atoms with van der Waals surface area (Å²) in [6.45, 7) is 5.89. The van der Waals surface area contributed by atoms with Crippen LogP contribution in [0.15, 0.2) is 77.1 Å². The van der Waals surface area contributed by atoms with E-state index in [9.17, 15) is 14.4 Å². The van der Waals surface area contributed by atoms with Gasteiger partial charge in [-0.25, -0.2) is 4.79 Å². The predicted molar refractivity (Wildman–Crippen MR) is 134 cm³/mol. The maximum Gasteiger partial charge on any atom is 0.336 e. The molecule has 7 heteroatoms. The Kier molecular flexibility index (Phi) is 7.58. The molecule has 2 aromatic rings. The summed E-state index contributed by atoms with van der Waals surface area (Å²) in [6.07, 6.45) is 0.494. The smallest absolute Gasteiger partial charge is 0.336 e. The third-order valence-corrected chi connectivity index (χ3v) is 6.70. The first-order valence-corrected chi connectivity index (χ1v) is 12.1. The lowest BCUT2D eigenvalue weighted by Crippen LogP contribution is -2.43. The van der Waals surface area contributed by atoms with Gasteiger partial charge in [-0.3, -0.25) is 9.59 Å². The van der Waals surface area contributed by atoms with Crippen LogP contribution >= 0.6 is 0 Å². The SMILES string of the molecule is COC(=O)[C@@H]1C(=O)C2=C(C[C@@H]1C)NC(C)=C(C(=O)OCCOc1ccccc1)[C@H]2c1ccc(C)cc1. The van der Waals surface area contributed by atoms with E-state index in [1.807, 2.05) is 75.4 Å². The number of dihydropyridines is 1. The number of hydrogen-bond donors (Lipinski definition) is 1. The van der Waals surface area contributed by atoms with Crippen molar-refractivity contribution in [3.05, 3.63) is 88.3 Å². The molecule has 0 fully saturated rings. The lowest BCUT2D eigenvalue weighted by atomic mass is 9.69. The summed E-state index contributed by atoms with van der Waals surface area (Å²) in [5.74, 6) is -2.53. The Bertz CT molecular complexity index is 1210. The fourth-order valence-corrected chi connectivity index (χ4v) is 4.93. The van der Waals surface area contributed by atoms with Crippen LogP contribution < -0.4 is 10.1 Å². The number of allylic oxidation sites excluding steroid dienone is 3. The maximum atomic E-state index is 13.7. The third kappa shape index (κ3) is 5.05. The number of para-hydroxylation sites is 1. The zero-order chi connectivity index (χ0) is 25.8. The molecule has 7 nitrogen and oxygen atoms in total. The van der Waals surface area contributed by atoms with E-state index in [0.29, 0.717) is 29.0 Å². The van der Waals surface area contributed by atoms with Crippen LogP contribution in [0.5, 0.6) is 5.75 Å². The van der Waals surface area contributed by atoms with Gasteiger partial charge in [0.05, 0.1) is 12.7 Å². The molecule has 2 aliphatic rings. The quantitative estimate of drug-likeness (QED) is 0.354. The monoisotopic (exact) mass is 489 g/mol. The molecule has 1 aliphatic heterocycles. The summed E-state index contributed by atoms with van der Waals surface area (Å²) in [5.41, 5.74) is 3.98. The topological polar surface area (TPSA) is 90.9 Å². The van der Waals surface area contributed by atoms with E-state index in [1.165, 1.54) is 7.11 Å². The fraction of sp³-hybridized carbons (Fsp3) is 0.345. The number of rotatable bonds is 7. The van der Waals surface area contributed by atoms with Gasteiger partial charge in [0.25, 0.3) is 0 Å². The summed E-state index contributed by atoms with van der Waals surface area (Å²) in [6, 6.07) is 17.0. The van der Waals surface area contributed by atoms with E-state index in [1.54, 1.807) is 0 Å². The highest BCUT2D eigenvalue weighted by Gasteiger charge is 2.47. The molecule has 0 unspecified atom stereocenters. The molecule has 0 amide bonds. The Morgan fingerprint density at radius 3 is 2.36 bits per heavy atom. The van der Waals surface area contributed by atoms with Crippen LogP contribution in [0.3, 0.4) is 0 Å². The van der Waals surface area contributed by atoms with E-state index in [2.05, 4.69) is 5.32 Å². The zero-order valence-electron chi connectivity index (χ0n) is 21.0. The minimum Gasteiger partial charge on any atom is -0.490 e. The molecule has 2 aromatic carbocycles. The van der Waals surface area contributed by atoms with Gasteiger partial charge >= 0.3 is 11.9 Å². The minimum atomic E-state index is -0.918. The zero-order valence-corrected chi connectivity index (χ0v) is 21.0. The number of hydrogen-bond acceptors (Lipinski definition) is 7. The standard InChI is InChI=1S/C29H31NO6/c1-17-10-12-20(13-11-17)25-24(29(33)36-15-14-35-21-8-6-5-7-9-21)19(3)30-22-16-18(2)23(28(32)34-4)27(31)26(22)25/h5-13,18,23,25,30H,14-16H2,1-4H3/t18-,23-,25+/m0/s1. The van der Waals surface area contributed by atoms with Crippen LogP contribution in [-0.4, -0.2) is 38.0 Å². The van der Waals surface area contributed by atoms with Crippen LogP contribution in [0.4, 0.5) is 0 Å². The van der Waals surface area contributed by atoms with E-state index in [4.69, 9.17) is 14.2 Å². The predicted octanol–water partition coefficient (Wildman–Crippen LogP) is 4.23. The summed E-state index contributed by atoms with van der Waals surface area (Å²) < 4.78 is 16.2. The van der Waals surface area contributed by atoms with E-state index in [0.717, 1.165) is 16.8 Å². The Balaban J connectivity index is 1.63. The summed E-state index contributed by atoms with van der Waals surface area (Å²) in [4.78, 5) is 39.6. The third-order valence-electron chi connectivity index (χ3n) is 6.70. The van der Waals surface area contributed by atoms with Gasteiger partial charge in [0.15, 0.2) is 5.78 Å². The molecule has 4 rings (SSSR count). The maximum absolute atomic E-state index is 13.7. The average Bonchev–Trinajstić information content (AvgIpc) is 2.86. The van der Waals surface area contributed by atoms with Gasteiger partial charge in [0.2, 0.25) is 0 Å². The van der Waals surface area contributed by atoms with Gasteiger partial charge in [-0.05, 0) is 43.9 Å². The van der Waals surface area contributed by atoms with Crippen molar-refractivity contribution in [3.63, 3.8) is 0 Å². The van der Waals surface area contributed by atoms with Gasteiger partial charge in [0, 0.05) is 22.9 Å². The lowest BCUT2D eigenvalue weighted by Gasteiger charge is -2.38.